The van der Waals surface area contributed by atoms with E-state index in [1.165, 1.54) is 10.6 Å². The zero-order chi connectivity index (χ0) is 19.3. The number of hydrogen-bond donors (Lipinski definition) is 1. The van der Waals surface area contributed by atoms with Gasteiger partial charge in [-0.15, -0.1) is 0 Å². The SMILES string of the molecule is CS(=O)(=O)N1CCc2cc(C3=NNC(c4ccc5c(c4)OCCO5)C3)ccc21. The van der Waals surface area contributed by atoms with Gasteiger partial charge in [-0.05, 0) is 47.4 Å². The van der Waals surface area contributed by atoms with Gasteiger partial charge in [-0.1, -0.05) is 12.1 Å². The number of benzene rings is 2. The maximum absolute atomic E-state index is 11.9. The molecule has 2 aromatic rings. The molecule has 1 unspecified atom stereocenters. The van der Waals surface area contributed by atoms with E-state index in [0.29, 0.717) is 19.8 Å². The third-order valence-electron chi connectivity index (χ3n) is 5.39. The molecule has 28 heavy (non-hydrogen) atoms. The van der Waals surface area contributed by atoms with Crippen LogP contribution in [0.25, 0.3) is 0 Å². The van der Waals surface area contributed by atoms with Crippen molar-refractivity contribution >= 4 is 21.4 Å². The largest absolute Gasteiger partial charge is 0.486 e. The van der Waals surface area contributed by atoms with Gasteiger partial charge in [0.15, 0.2) is 11.5 Å². The summed E-state index contributed by atoms with van der Waals surface area (Å²) in [6.45, 7) is 1.65. The second-order valence-electron chi connectivity index (χ2n) is 7.28. The molecular weight excluding hydrogens is 378 g/mol. The van der Waals surface area contributed by atoms with E-state index in [9.17, 15) is 8.42 Å². The molecule has 5 rings (SSSR count). The summed E-state index contributed by atoms with van der Waals surface area (Å²) in [5, 5.41) is 4.53. The van der Waals surface area contributed by atoms with Crippen molar-refractivity contribution in [3.63, 3.8) is 0 Å². The Bertz CT molecular complexity index is 1080. The van der Waals surface area contributed by atoms with Gasteiger partial charge in [-0.25, -0.2) is 8.42 Å². The van der Waals surface area contributed by atoms with Gasteiger partial charge < -0.3 is 14.9 Å². The van der Waals surface area contributed by atoms with Crippen LogP contribution in [0.5, 0.6) is 11.5 Å². The number of hydrogen-bond acceptors (Lipinski definition) is 6. The topological polar surface area (TPSA) is 80.2 Å². The average Bonchev–Trinajstić information content (AvgIpc) is 3.34. The second kappa shape index (κ2) is 6.41. The Labute approximate surface area is 164 Å². The summed E-state index contributed by atoms with van der Waals surface area (Å²) in [7, 11) is -3.23. The first-order valence-corrected chi connectivity index (χ1v) is 11.2. The van der Waals surface area contributed by atoms with E-state index >= 15 is 0 Å². The second-order valence-corrected chi connectivity index (χ2v) is 9.18. The summed E-state index contributed by atoms with van der Waals surface area (Å²) >= 11 is 0. The molecule has 0 saturated heterocycles. The van der Waals surface area contributed by atoms with Crippen LogP contribution in [0.1, 0.15) is 29.2 Å². The standard InChI is InChI=1S/C20H21N3O4S/c1-28(24,25)23-7-6-15-10-13(2-4-18(15)23)16-12-17(22-21-16)14-3-5-19-20(11-14)27-9-8-26-19/h2-5,10-11,17,22H,6-9,12H2,1H3. The lowest BCUT2D eigenvalue weighted by Gasteiger charge is -2.20. The van der Waals surface area contributed by atoms with Gasteiger partial charge >= 0.3 is 0 Å². The summed E-state index contributed by atoms with van der Waals surface area (Å²) in [6, 6.07) is 12.0. The van der Waals surface area contributed by atoms with Crippen molar-refractivity contribution in [3.8, 4) is 11.5 Å². The molecule has 0 fully saturated rings. The lowest BCUT2D eigenvalue weighted by molar-refractivity contribution is 0.171. The minimum atomic E-state index is -3.23. The molecule has 7 nitrogen and oxygen atoms in total. The maximum atomic E-state index is 11.9. The molecule has 3 aliphatic rings. The number of ether oxygens (including phenoxy) is 2. The molecule has 3 aliphatic heterocycles. The van der Waals surface area contributed by atoms with Crippen LogP contribution in [-0.4, -0.2) is 40.1 Å². The number of sulfonamides is 1. The molecule has 8 heteroatoms. The number of rotatable bonds is 3. The van der Waals surface area contributed by atoms with Gasteiger partial charge in [0.2, 0.25) is 10.0 Å². The first-order chi connectivity index (χ1) is 13.5. The van der Waals surface area contributed by atoms with Crippen LogP contribution in [0.2, 0.25) is 0 Å². The van der Waals surface area contributed by atoms with Crippen LogP contribution in [0.15, 0.2) is 41.5 Å². The highest BCUT2D eigenvalue weighted by atomic mass is 32.2. The molecule has 0 aromatic heterocycles. The quantitative estimate of drug-likeness (QED) is 0.856. The monoisotopic (exact) mass is 399 g/mol. The number of hydrazone groups is 1. The van der Waals surface area contributed by atoms with Crippen molar-refractivity contribution in [3.05, 3.63) is 53.1 Å². The molecule has 0 amide bonds. The molecule has 0 saturated carbocycles. The summed E-state index contributed by atoms with van der Waals surface area (Å²) in [6.07, 6.45) is 2.73. The third kappa shape index (κ3) is 2.97. The molecule has 0 bridgehead atoms. The van der Waals surface area contributed by atoms with E-state index in [1.54, 1.807) is 0 Å². The zero-order valence-corrected chi connectivity index (χ0v) is 16.3. The lowest BCUT2D eigenvalue weighted by atomic mass is 9.97. The van der Waals surface area contributed by atoms with E-state index in [4.69, 9.17) is 9.47 Å². The Kier molecular flexibility index (Phi) is 3.97. The predicted molar refractivity (Wildman–Crippen MR) is 107 cm³/mol. The van der Waals surface area contributed by atoms with E-state index in [1.807, 2.05) is 30.3 Å². The molecule has 1 N–H and O–H groups in total. The van der Waals surface area contributed by atoms with E-state index in [-0.39, 0.29) is 6.04 Å². The van der Waals surface area contributed by atoms with Gasteiger partial charge in [0, 0.05) is 13.0 Å². The van der Waals surface area contributed by atoms with Gasteiger partial charge in [0.05, 0.1) is 23.7 Å². The fraction of sp³-hybridized carbons (Fsp3) is 0.350. The minimum Gasteiger partial charge on any atom is -0.486 e. The Hall–Kier alpha value is -2.74. The van der Waals surface area contributed by atoms with E-state index < -0.39 is 10.0 Å². The number of anilines is 1. The van der Waals surface area contributed by atoms with Crippen molar-refractivity contribution in [1.82, 2.24) is 5.43 Å². The van der Waals surface area contributed by atoms with Crippen LogP contribution in [0, 0.1) is 0 Å². The molecule has 146 valence electrons. The summed E-state index contributed by atoms with van der Waals surface area (Å²) in [4.78, 5) is 0. The Morgan fingerprint density at radius 1 is 1.11 bits per heavy atom. The van der Waals surface area contributed by atoms with Crippen LogP contribution in [-0.2, 0) is 16.4 Å². The van der Waals surface area contributed by atoms with Crippen LogP contribution >= 0.6 is 0 Å². The van der Waals surface area contributed by atoms with Crippen molar-refractivity contribution in [2.45, 2.75) is 18.9 Å². The highest BCUT2D eigenvalue weighted by molar-refractivity contribution is 7.92. The molecule has 0 radical (unpaired) electrons. The highest BCUT2D eigenvalue weighted by Crippen LogP contribution is 2.36. The molecule has 2 aromatic carbocycles. The fourth-order valence-electron chi connectivity index (χ4n) is 3.99. The maximum Gasteiger partial charge on any atom is 0.232 e. The summed E-state index contributed by atoms with van der Waals surface area (Å²) in [5.74, 6) is 1.56. The van der Waals surface area contributed by atoms with E-state index in [2.05, 4.69) is 16.6 Å². The first-order valence-electron chi connectivity index (χ1n) is 9.32. The lowest BCUT2D eigenvalue weighted by Crippen LogP contribution is -2.27. The Morgan fingerprint density at radius 2 is 1.93 bits per heavy atom. The summed E-state index contributed by atoms with van der Waals surface area (Å²) in [5.41, 5.74) is 8.15. The minimum absolute atomic E-state index is 0.0756. The molecule has 3 heterocycles. The van der Waals surface area contributed by atoms with Crippen LogP contribution < -0.4 is 19.2 Å². The smallest absolute Gasteiger partial charge is 0.232 e. The van der Waals surface area contributed by atoms with Gasteiger partial charge in [0.1, 0.15) is 13.2 Å². The molecular formula is C20H21N3O4S. The number of nitrogens with one attached hydrogen (secondary N) is 1. The van der Waals surface area contributed by atoms with Crippen LogP contribution in [0.4, 0.5) is 5.69 Å². The van der Waals surface area contributed by atoms with Gasteiger partial charge in [-0.2, -0.15) is 5.10 Å². The first kappa shape index (κ1) is 17.4. The van der Waals surface area contributed by atoms with Crippen molar-refractivity contribution in [2.24, 2.45) is 5.10 Å². The number of nitrogens with zero attached hydrogens (tertiary/aromatic N) is 2. The highest BCUT2D eigenvalue weighted by Gasteiger charge is 2.28. The van der Waals surface area contributed by atoms with Crippen molar-refractivity contribution in [1.29, 1.82) is 0 Å². The Balaban J connectivity index is 1.35. The molecule has 1 atom stereocenters. The van der Waals surface area contributed by atoms with Gasteiger partial charge in [-0.3, -0.25) is 4.31 Å². The average molecular weight is 399 g/mol. The van der Waals surface area contributed by atoms with Crippen molar-refractivity contribution < 1.29 is 17.9 Å². The Morgan fingerprint density at radius 3 is 2.75 bits per heavy atom. The summed E-state index contributed by atoms with van der Waals surface area (Å²) < 4.78 is 36.6. The number of fused-ring (bicyclic) bond motifs is 2. The third-order valence-corrected chi connectivity index (χ3v) is 6.57. The van der Waals surface area contributed by atoms with E-state index in [0.717, 1.165) is 52.4 Å². The predicted octanol–water partition coefficient (Wildman–Crippen LogP) is 2.22. The molecule has 0 aliphatic carbocycles. The van der Waals surface area contributed by atoms with Crippen LogP contribution in [0.3, 0.4) is 0 Å². The van der Waals surface area contributed by atoms with Crippen molar-refractivity contribution in [2.75, 3.05) is 30.3 Å². The van der Waals surface area contributed by atoms with Gasteiger partial charge in [0.25, 0.3) is 0 Å². The molecule has 0 spiro atoms. The normalized spacial score (nSPS) is 20.5. The zero-order valence-electron chi connectivity index (χ0n) is 15.5. The fourth-order valence-corrected chi connectivity index (χ4v) is 4.95.